The lowest BCUT2D eigenvalue weighted by molar-refractivity contribution is -0.128. The first kappa shape index (κ1) is 29.4. The summed E-state index contributed by atoms with van der Waals surface area (Å²) >= 11 is 6.81. The number of anilines is 1. The molecule has 4 heterocycles. The number of rotatable bonds is 6. The summed E-state index contributed by atoms with van der Waals surface area (Å²) in [6.07, 6.45) is 3.07. The standard InChI is InChI=1S/C31H35ClFN7O2/c1-8-26(41)37-15-20(7)38(16-19(37)6)28-22-13-24(32)27(21-11-9-10-12-25(21)33)35-29(22)39(31(42)36-28)30-23(17(2)3)14-34-40(30)18(4)5/h8-14,17-20H,1,15-16H2,2-7H3/t19-,20+/m1/s1. The van der Waals surface area contributed by atoms with Crippen LogP contribution in [0.3, 0.4) is 0 Å². The normalized spacial score (nSPS) is 17.5. The summed E-state index contributed by atoms with van der Waals surface area (Å²) in [6, 6.07) is 7.57. The van der Waals surface area contributed by atoms with Crippen molar-refractivity contribution in [2.75, 3.05) is 18.0 Å². The molecule has 2 atom stereocenters. The molecule has 0 N–H and O–H groups in total. The second-order valence-electron chi connectivity index (χ2n) is 11.4. The van der Waals surface area contributed by atoms with Crippen molar-refractivity contribution < 1.29 is 9.18 Å². The van der Waals surface area contributed by atoms with E-state index in [2.05, 4.69) is 16.7 Å². The Morgan fingerprint density at radius 3 is 2.48 bits per heavy atom. The lowest BCUT2D eigenvalue weighted by Gasteiger charge is -2.44. The van der Waals surface area contributed by atoms with Crippen LogP contribution in [0.5, 0.6) is 0 Å². The number of fused-ring (bicyclic) bond motifs is 1. The topological polar surface area (TPSA) is 89.2 Å². The molecule has 1 aliphatic rings. The summed E-state index contributed by atoms with van der Waals surface area (Å²) < 4.78 is 18.2. The summed E-state index contributed by atoms with van der Waals surface area (Å²) in [6.45, 7) is 16.4. The van der Waals surface area contributed by atoms with Gasteiger partial charge < -0.3 is 9.80 Å². The Hall–Kier alpha value is -4.05. The summed E-state index contributed by atoms with van der Waals surface area (Å²) in [7, 11) is 0. The number of carbonyl (C=O) groups excluding carboxylic acids is 1. The van der Waals surface area contributed by atoms with Gasteiger partial charge in [0.2, 0.25) is 5.91 Å². The Balaban J connectivity index is 1.83. The molecule has 0 unspecified atom stereocenters. The van der Waals surface area contributed by atoms with E-state index in [4.69, 9.17) is 16.6 Å². The maximum Gasteiger partial charge on any atom is 0.357 e. The van der Waals surface area contributed by atoms with E-state index in [1.807, 2.05) is 46.4 Å². The zero-order valence-corrected chi connectivity index (χ0v) is 25.4. The molecular formula is C31H35ClFN7O2. The van der Waals surface area contributed by atoms with Crippen molar-refractivity contribution in [3.63, 3.8) is 0 Å². The number of carbonyl (C=O) groups is 1. The molecule has 0 aliphatic carbocycles. The molecule has 1 amide bonds. The summed E-state index contributed by atoms with van der Waals surface area (Å²) in [4.78, 5) is 39.9. The van der Waals surface area contributed by atoms with Gasteiger partial charge in [-0.15, -0.1) is 0 Å². The molecule has 4 aromatic rings. The minimum atomic E-state index is -0.541. The van der Waals surface area contributed by atoms with Crippen molar-refractivity contribution in [1.29, 1.82) is 0 Å². The zero-order valence-electron chi connectivity index (χ0n) is 24.7. The molecular weight excluding hydrogens is 557 g/mol. The summed E-state index contributed by atoms with van der Waals surface area (Å²) in [5, 5.41) is 5.36. The molecule has 0 bridgehead atoms. The number of halogens is 2. The quantitative estimate of drug-likeness (QED) is 0.265. The first-order chi connectivity index (χ1) is 19.9. The van der Waals surface area contributed by atoms with Crippen LogP contribution in [0.15, 0.2) is 54.0 Å². The van der Waals surface area contributed by atoms with Gasteiger partial charge in [-0.3, -0.25) is 4.79 Å². The van der Waals surface area contributed by atoms with Gasteiger partial charge in [0.05, 0.1) is 22.3 Å². The molecule has 220 valence electrons. The average molecular weight is 592 g/mol. The Kier molecular flexibility index (Phi) is 7.94. The maximum atomic E-state index is 15.0. The van der Waals surface area contributed by atoms with Crippen molar-refractivity contribution in [2.24, 2.45) is 0 Å². The Morgan fingerprint density at radius 2 is 1.83 bits per heavy atom. The highest BCUT2D eigenvalue weighted by Crippen LogP contribution is 2.36. The molecule has 1 aliphatic heterocycles. The van der Waals surface area contributed by atoms with Crippen molar-refractivity contribution in [3.05, 3.63) is 76.1 Å². The molecule has 11 heteroatoms. The van der Waals surface area contributed by atoms with Crippen LogP contribution in [0.2, 0.25) is 5.02 Å². The minimum Gasteiger partial charge on any atom is -0.349 e. The Bertz CT molecular complexity index is 1720. The molecule has 0 saturated carbocycles. The lowest BCUT2D eigenvalue weighted by atomic mass is 10.1. The van der Waals surface area contributed by atoms with Crippen LogP contribution in [0.25, 0.3) is 28.1 Å². The fourth-order valence-corrected chi connectivity index (χ4v) is 5.84. The molecule has 0 spiro atoms. The van der Waals surface area contributed by atoms with Crippen LogP contribution in [-0.2, 0) is 4.79 Å². The average Bonchev–Trinajstić information content (AvgIpc) is 3.39. The van der Waals surface area contributed by atoms with Crippen LogP contribution in [0.4, 0.5) is 10.2 Å². The van der Waals surface area contributed by atoms with Gasteiger partial charge in [-0.2, -0.15) is 10.1 Å². The van der Waals surface area contributed by atoms with Gasteiger partial charge in [-0.05, 0) is 57.9 Å². The van der Waals surface area contributed by atoms with Crippen molar-refractivity contribution in [1.82, 2.24) is 29.2 Å². The zero-order chi connectivity index (χ0) is 30.5. The fraction of sp³-hybridized carbons (Fsp3) is 0.387. The highest BCUT2D eigenvalue weighted by atomic mass is 35.5. The molecule has 42 heavy (non-hydrogen) atoms. The third-order valence-electron chi connectivity index (χ3n) is 7.77. The molecule has 9 nitrogen and oxygen atoms in total. The molecule has 1 fully saturated rings. The second kappa shape index (κ2) is 11.3. The van der Waals surface area contributed by atoms with E-state index in [0.29, 0.717) is 35.8 Å². The number of benzene rings is 1. The van der Waals surface area contributed by atoms with E-state index in [-0.39, 0.29) is 46.2 Å². The van der Waals surface area contributed by atoms with Gasteiger partial charge in [0, 0.05) is 42.3 Å². The van der Waals surface area contributed by atoms with E-state index in [1.165, 1.54) is 16.7 Å². The molecule has 1 aromatic carbocycles. The van der Waals surface area contributed by atoms with E-state index in [0.717, 1.165) is 5.56 Å². The maximum absolute atomic E-state index is 15.0. The van der Waals surface area contributed by atoms with Gasteiger partial charge in [0.25, 0.3) is 0 Å². The first-order valence-electron chi connectivity index (χ1n) is 14.1. The van der Waals surface area contributed by atoms with Gasteiger partial charge in [-0.1, -0.05) is 44.2 Å². The second-order valence-corrected chi connectivity index (χ2v) is 11.8. The van der Waals surface area contributed by atoms with E-state index in [1.54, 1.807) is 40.0 Å². The van der Waals surface area contributed by atoms with Crippen LogP contribution in [0, 0.1) is 5.82 Å². The molecule has 5 rings (SSSR count). The smallest absolute Gasteiger partial charge is 0.349 e. The number of piperazine rings is 1. The third-order valence-corrected chi connectivity index (χ3v) is 8.05. The summed E-state index contributed by atoms with van der Waals surface area (Å²) in [5.74, 6) is 0.391. The predicted octanol–water partition coefficient (Wildman–Crippen LogP) is 5.75. The van der Waals surface area contributed by atoms with Gasteiger partial charge in [0.15, 0.2) is 5.65 Å². The largest absolute Gasteiger partial charge is 0.357 e. The van der Waals surface area contributed by atoms with Gasteiger partial charge >= 0.3 is 5.69 Å². The number of hydrogen-bond donors (Lipinski definition) is 0. The lowest BCUT2D eigenvalue weighted by Crippen LogP contribution is -2.58. The number of nitrogens with zero attached hydrogens (tertiary/aromatic N) is 7. The SMILES string of the molecule is C=CC(=O)N1C[C@H](C)N(c2nc(=O)n(-c3c(C(C)C)cnn3C(C)C)c3nc(-c4ccccc4F)c(Cl)cc23)C[C@H]1C. The molecule has 1 saturated heterocycles. The Morgan fingerprint density at radius 1 is 1.12 bits per heavy atom. The highest BCUT2D eigenvalue weighted by Gasteiger charge is 2.34. The minimum absolute atomic E-state index is 0.0452. The van der Waals surface area contributed by atoms with Crippen molar-refractivity contribution in [3.8, 4) is 17.1 Å². The first-order valence-corrected chi connectivity index (χ1v) is 14.5. The number of pyridine rings is 1. The predicted molar refractivity (Wildman–Crippen MR) is 164 cm³/mol. The van der Waals surface area contributed by atoms with Crippen LogP contribution in [0.1, 0.15) is 59.1 Å². The summed E-state index contributed by atoms with van der Waals surface area (Å²) in [5.41, 5.74) is 1.05. The van der Waals surface area contributed by atoms with E-state index < -0.39 is 11.5 Å². The highest BCUT2D eigenvalue weighted by molar-refractivity contribution is 6.33. The fourth-order valence-electron chi connectivity index (χ4n) is 5.59. The van der Waals surface area contributed by atoms with Crippen molar-refractivity contribution in [2.45, 2.75) is 65.6 Å². The van der Waals surface area contributed by atoms with E-state index >= 15 is 4.39 Å². The molecule has 3 aromatic heterocycles. The van der Waals surface area contributed by atoms with Crippen LogP contribution >= 0.6 is 11.6 Å². The van der Waals surface area contributed by atoms with Gasteiger partial charge in [-0.25, -0.2) is 23.4 Å². The van der Waals surface area contributed by atoms with Gasteiger partial charge in [0.1, 0.15) is 17.5 Å². The third kappa shape index (κ3) is 4.98. The number of amides is 1. The Labute approximate surface area is 249 Å². The molecule has 0 radical (unpaired) electrons. The van der Waals surface area contributed by atoms with Crippen molar-refractivity contribution >= 4 is 34.4 Å². The van der Waals surface area contributed by atoms with E-state index in [9.17, 15) is 9.59 Å². The van der Waals surface area contributed by atoms with Crippen LogP contribution in [-0.4, -0.2) is 60.3 Å². The number of hydrogen-bond acceptors (Lipinski definition) is 6. The van der Waals surface area contributed by atoms with Crippen LogP contribution < -0.4 is 10.6 Å². The number of aromatic nitrogens is 5. The monoisotopic (exact) mass is 591 g/mol.